The highest BCUT2D eigenvalue weighted by Crippen LogP contribution is 2.46. The number of hydrazine groups is 1. The SMILES string of the molecule is Cc1cc(OCc2ccc(-c3nc4c5c(ncn4n3)OC3NNC(C)C3C5c3cnn(C)c3)cc2)cc(C)c1Cl. The molecule has 5 heterocycles. The van der Waals surface area contributed by atoms with E-state index in [9.17, 15) is 0 Å². The van der Waals surface area contributed by atoms with E-state index in [-0.39, 0.29) is 24.1 Å². The Morgan fingerprint density at radius 2 is 1.88 bits per heavy atom. The van der Waals surface area contributed by atoms with Gasteiger partial charge in [0.25, 0.3) is 0 Å². The third-order valence-corrected chi connectivity index (χ3v) is 8.41. The average molecular weight is 557 g/mol. The van der Waals surface area contributed by atoms with Crippen LogP contribution < -0.4 is 20.3 Å². The summed E-state index contributed by atoms with van der Waals surface area (Å²) in [6.07, 6.45) is 5.42. The van der Waals surface area contributed by atoms with Gasteiger partial charge in [-0.05, 0) is 55.2 Å². The van der Waals surface area contributed by atoms with Crippen LogP contribution in [-0.2, 0) is 13.7 Å². The normalized spacial score (nSPS) is 21.7. The van der Waals surface area contributed by atoms with Gasteiger partial charge < -0.3 is 9.47 Å². The van der Waals surface area contributed by atoms with E-state index in [0.717, 1.165) is 49.8 Å². The second-order valence-corrected chi connectivity index (χ2v) is 11.0. The standard InChI is InChI=1S/C29H29ClN8O2/c1-15-9-21(10-16(2)25(15)30)39-13-18-5-7-19(8-6-18)26-33-27-24-23(20-11-32-37(4)12-20)22-17(3)34-35-29(22)40-28(24)31-14-38(27)36-26/h5-12,14,17,22-23,29,34-35H,13H2,1-4H3. The lowest BCUT2D eigenvalue weighted by Gasteiger charge is -2.35. The van der Waals surface area contributed by atoms with Crippen LogP contribution in [0.25, 0.3) is 17.0 Å². The van der Waals surface area contributed by atoms with Gasteiger partial charge in [0.15, 0.2) is 17.7 Å². The van der Waals surface area contributed by atoms with Gasteiger partial charge in [0.05, 0.1) is 11.8 Å². The molecule has 4 atom stereocenters. The van der Waals surface area contributed by atoms with Crippen LogP contribution in [0.4, 0.5) is 0 Å². The fourth-order valence-corrected chi connectivity index (χ4v) is 5.91. The van der Waals surface area contributed by atoms with E-state index in [4.69, 9.17) is 31.2 Å². The first-order valence-corrected chi connectivity index (χ1v) is 13.6. The molecule has 4 unspecified atom stereocenters. The molecule has 10 nitrogen and oxygen atoms in total. The van der Waals surface area contributed by atoms with Gasteiger partial charge >= 0.3 is 0 Å². The molecule has 0 amide bonds. The van der Waals surface area contributed by atoms with Gasteiger partial charge in [-0.3, -0.25) is 10.1 Å². The fraction of sp³-hybridized carbons (Fsp3) is 0.310. The summed E-state index contributed by atoms with van der Waals surface area (Å²) in [5.41, 5.74) is 13.3. The molecule has 0 spiro atoms. The molecule has 0 aliphatic carbocycles. The second-order valence-electron chi connectivity index (χ2n) is 10.6. The molecule has 204 valence electrons. The van der Waals surface area contributed by atoms with Gasteiger partial charge in [-0.25, -0.2) is 19.9 Å². The maximum absolute atomic E-state index is 6.29. The van der Waals surface area contributed by atoms with Crippen molar-refractivity contribution in [2.24, 2.45) is 13.0 Å². The van der Waals surface area contributed by atoms with E-state index >= 15 is 0 Å². The number of hydrogen-bond donors (Lipinski definition) is 2. The lowest BCUT2D eigenvalue weighted by molar-refractivity contribution is 0.0969. The van der Waals surface area contributed by atoms with Crippen LogP contribution in [0.15, 0.2) is 55.1 Å². The summed E-state index contributed by atoms with van der Waals surface area (Å²) in [6, 6.07) is 12.2. The molecule has 1 saturated heterocycles. The highest BCUT2D eigenvalue weighted by Gasteiger charge is 2.48. The van der Waals surface area contributed by atoms with Crippen molar-refractivity contribution in [2.75, 3.05) is 0 Å². The predicted octanol–water partition coefficient (Wildman–Crippen LogP) is 4.34. The number of fused-ring (bicyclic) bond motifs is 4. The Morgan fingerprint density at radius 3 is 2.60 bits per heavy atom. The van der Waals surface area contributed by atoms with Crippen molar-refractivity contribution in [3.63, 3.8) is 0 Å². The van der Waals surface area contributed by atoms with E-state index in [2.05, 4.69) is 34.1 Å². The summed E-state index contributed by atoms with van der Waals surface area (Å²) in [6.45, 7) is 6.57. The summed E-state index contributed by atoms with van der Waals surface area (Å²) in [5, 5.41) is 9.99. The average Bonchev–Trinajstić information content (AvgIpc) is 3.68. The molecule has 11 heteroatoms. The monoisotopic (exact) mass is 556 g/mol. The number of nitrogens with one attached hydrogen (secondary N) is 2. The van der Waals surface area contributed by atoms with Crippen molar-refractivity contribution in [1.29, 1.82) is 0 Å². The van der Waals surface area contributed by atoms with Gasteiger partial charge in [-0.1, -0.05) is 35.9 Å². The summed E-state index contributed by atoms with van der Waals surface area (Å²) >= 11 is 6.29. The zero-order valence-electron chi connectivity index (χ0n) is 22.6. The Bertz CT molecular complexity index is 1710. The first kappa shape index (κ1) is 25.0. The van der Waals surface area contributed by atoms with Crippen LogP contribution in [-0.4, -0.2) is 41.6 Å². The quantitative estimate of drug-likeness (QED) is 0.330. The van der Waals surface area contributed by atoms with Gasteiger partial charge in [0.1, 0.15) is 18.7 Å². The first-order chi connectivity index (χ1) is 19.4. The van der Waals surface area contributed by atoms with Gasteiger partial charge in [0, 0.05) is 41.7 Å². The van der Waals surface area contributed by atoms with E-state index in [1.54, 1.807) is 10.8 Å². The van der Waals surface area contributed by atoms with Crippen LogP contribution in [0.5, 0.6) is 11.6 Å². The Morgan fingerprint density at radius 1 is 1.10 bits per heavy atom. The molecule has 40 heavy (non-hydrogen) atoms. The summed E-state index contributed by atoms with van der Waals surface area (Å²) in [4.78, 5) is 9.61. The molecule has 2 N–H and O–H groups in total. The molecule has 0 saturated carbocycles. The maximum atomic E-state index is 6.29. The number of hydrogen-bond acceptors (Lipinski definition) is 8. The molecule has 5 aromatic rings. The summed E-state index contributed by atoms with van der Waals surface area (Å²) in [7, 11) is 1.93. The number of benzene rings is 2. The second kappa shape index (κ2) is 9.58. The number of aryl methyl sites for hydroxylation is 3. The zero-order valence-corrected chi connectivity index (χ0v) is 23.3. The molecule has 2 aliphatic rings. The van der Waals surface area contributed by atoms with Crippen LogP contribution in [0.3, 0.4) is 0 Å². The van der Waals surface area contributed by atoms with Crippen molar-refractivity contribution in [2.45, 2.75) is 45.6 Å². The number of aromatic nitrogens is 6. The van der Waals surface area contributed by atoms with Crippen LogP contribution in [0, 0.1) is 19.8 Å². The van der Waals surface area contributed by atoms with Crippen molar-refractivity contribution >= 4 is 17.2 Å². The Balaban J connectivity index is 1.20. The Kier molecular flexibility index (Phi) is 5.99. The summed E-state index contributed by atoms with van der Waals surface area (Å²) in [5.74, 6) is 2.09. The first-order valence-electron chi connectivity index (χ1n) is 13.3. The van der Waals surface area contributed by atoms with Crippen molar-refractivity contribution in [3.05, 3.63) is 88.0 Å². The van der Waals surface area contributed by atoms with E-state index in [1.807, 2.05) is 68.2 Å². The molecule has 1 fully saturated rings. The van der Waals surface area contributed by atoms with E-state index < -0.39 is 0 Å². The third-order valence-electron chi connectivity index (χ3n) is 7.81. The molecule has 2 aliphatic heterocycles. The van der Waals surface area contributed by atoms with Gasteiger partial charge in [-0.2, -0.15) is 5.10 Å². The van der Waals surface area contributed by atoms with Crippen molar-refractivity contribution in [3.8, 4) is 23.0 Å². The lowest BCUT2D eigenvalue weighted by Crippen LogP contribution is -2.42. The van der Waals surface area contributed by atoms with E-state index in [1.165, 1.54) is 0 Å². The highest BCUT2D eigenvalue weighted by atomic mass is 35.5. The molecule has 3 aromatic heterocycles. The molecule has 7 rings (SSSR count). The predicted molar refractivity (Wildman–Crippen MR) is 150 cm³/mol. The minimum Gasteiger partial charge on any atom is -0.489 e. The van der Waals surface area contributed by atoms with Gasteiger partial charge in [0.2, 0.25) is 5.88 Å². The van der Waals surface area contributed by atoms with Gasteiger partial charge in [-0.15, -0.1) is 5.10 Å². The number of halogens is 1. The molecule has 2 aromatic carbocycles. The molecular weight excluding hydrogens is 528 g/mol. The molecule has 0 bridgehead atoms. The van der Waals surface area contributed by atoms with Crippen molar-refractivity contribution in [1.82, 2.24) is 40.2 Å². The Labute approximate surface area is 236 Å². The van der Waals surface area contributed by atoms with Crippen LogP contribution in [0.1, 0.15) is 40.7 Å². The fourth-order valence-electron chi connectivity index (χ4n) is 5.80. The number of nitrogens with zero attached hydrogens (tertiary/aromatic N) is 6. The smallest absolute Gasteiger partial charge is 0.224 e. The van der Waals surface area contributed by atoms with E-state index in [0.29, 0.717) is 18.3 Å². The molecular formula is C29H29ClN8O2. The van der Waals surface area contributed by atoms with Crippen LogP contribution >= 0.6 is 11.6 Å². The maximum Gasteiger partial charge on any atom is 0.224 e. The number of rotatable bonds is 5. The van der Waals surface area contributed by atoms with Crippen LogP contribution in [0.2, 0.25) is 5.02 Å². The largest absolute Gasteiger partial charge is 0.489 e. The lowest BCUT2D eigenvalue weighted by atomic mass is 9.77. The zero-order chi connectivity index (χ0) is 27.5. The third kappa shape index (κ3) is 4.19. The summed E-state index contributed by atoms with van der Waals surface area (Å²) < 4.78 is 15.9. The minimum absolute atomic E-state index is 0.0205. The topological polar surface area (TPSA) is 103 Å². The Hall–Kier alpha value is -3.99. The van der Waals surface area contributed by atoms with Crippen molar-refractivity contribution < 1.29 is 9.47 Å². The number of ether oxygens (including phenoxy) is 2. The highest BCUT2D eigenvalue weighted by molar-refractivity contribution is 6.32. The minimum atomic E-state index is -0.208. The molecule has 0 radical (unpaired) electrons.